The lowest BCUT2D eigenvalue weighted by Gasteiger charge is -2.13. The third kappa shape index (κ3) is 5.26. The van der Waals surface area contributed by atoms with Crippen LogP contribution in [0.3, 0.4) is 0 Å². The predicted molar refractivity (Wildman–Crippen MR) is 110 cm³/mol. The zero-order valence-corrected chi connectivity index (χ0v) is 17.0. The Morgan fingerprint density at radius 2 is 1.59 bits per heavy atom. The van der Waals surface area contributed by atoms with E-state index in [0.29, 0.717) is 6.07 Å². The van der Waals surface area contributed by atoms with Gasteiger partial charge in [0.05, 0.1) is 4.90 Å². The fourth-order valence-electron chi connectivity index (χ4n) is 3.01. The molecule has 0 bridgehead atoms. The maximum absolute atomic E-state index is 13.4. The Bertz CT molecular complexity index is 1100. The molecule has 0 fully saturated rings. The van der Waals surface area contributed by atoms with Gasteiger partial charge in [-0.15, -0.1) is 0 Å². The Morgan fingerprint density at radius 1 is 0.897 bits per heavy atom. The van der Waals surface area contributed by atoms with Gasteiger partial charge in [-0.2, -0.15) is 0 Å². The van der Waals surface area contributed by atoms with E-state index in [0.717, 1.165) is 35.4 Å². The van der Waals surface area contributed by atoms with E-state index in [1.165, 1.54) is 5.56 Å². The summed E-state index contributed by atoms with van der Waals surface area (Å²) in [7, 11) is 0.0255. The van der Waals surface area contributed by atoms with Crippen molar-refractivity contribution in [2.24, 2.45) is 0 Å². The van der Waals surface area contributed by atoms with Crippen LogP contribution >= 0.6 is 0 Å². The molecule has 3 aromatic carbocycles. The van der Waals surface area contributed by atoms with E-state index in [9.17, 15) is 17.2 Å². The van der Waals surface area contributed by atoms with Crippen LogP contribution in [0.1, 0.15) is 11.1 Å². The van der Waals surface area contributed by atoms with E-state index in [1.807, 2.05) is 62.6 Å². The summed E-state index contributed by atoms with van der Waals surface area (Å²) in [5.74, 6) is -2.29. The fourth-order valence-corrected chi connectivity index (χ4v) is 4.03. The van der Waals surface area contributed by atoms with Crippen molar-refractivity contribution in [3.8, 4) is 11.1 Å². The summed E-state index contributed by atoms with van der Waals surface area (Å²) in [5.41, 5.74) is 3.82. The van der Waals surface area contributed by atoms with Gasteiger partial charge in [-0.1, -0.05) is 48.5 Å². The first-order valence-corrected chi connectivity index (χ1v) is 10.5. The van der Waals surface area contributed by atoms with Crippen molar-refractivity contribution in [1.29, 1.82) is 0 Å². The minimum Gasteiger partial charge on any atom is -0.305 e. The van der Waals surface area contributed by atoms with E-state index in [4.69, 9.17) is 0 Å². The summed E-state index contributed by atoms with van der Waals surface area (Å²) in [6.45, 7) is 0.854. The third-order valence-electron chi connectivity index (χ3n) is 4.44. The Balaban J connectivity index is 1.81. The molecule has 0 atom stereocenters. The minimum absolute atomic E-state index is 0.0248. The van der Waals surface area contributed by atoms with Crippen LogP contribution in [-0.4, -0.2) is 27.4 Å². The van der Waals surface area contributed by atoms with Crippen LogP contribution in [0.2, 0.25) is 0 Å². The highest BCUT2D eigenvalue weighted by molar-refractivity contribution is 7.89. The summed E-state index contributed by atoms with van der Waals surface area (Å²) in [4.78, 5) is 1.76. The van der Waals surface area contributed by atoms with Crippen LogP contribution in [0, 0.1) is 11.6 Å². The smallest absolute Gasteiger partial charge is 0.240 e. The monoisotopic (exact) mass is 416 g/mol. The second kappa shape index (κ2) is 8.82. The topological polar surface area (TPSA) is 49.4 Å². The molecule has 0 saturated carbocycles. The first-order valence-electron chi connectivity index (χ1n) is 9.03. The second-order valence-corrected chi connectivity index (χ2v) is 8.76. The second-order valence-electron chi connectivity index (χ2n) is 6.99. The number of halogens is 2. The summed E-state index contributed by atoms with van der Waals surface area (Å²) in [6, 6.07) is 18.1. The van der Waals surface area contributed by atoms with Crippen molar-refractivity contribution in [2.45, 2.75) is 18.0 Å². The summed E-state index contributed by atoms with van der Waals surface area (Å²) < 4.78 is 53.9. The summed E-state index contributed by atoms with van der Waals surface area (Å²) in [6.07, 6.45) is 0. The maximum atomic E-state index is 13.4. The van der Waals surface area contributed by atoms with Crippen LogP contribution in [0.25, 0.3) is 11.1 Å². The van der Waals surface area contributed by atoms with E-state index < -0.39 is 21.7 Å². The van der Waals surface area contributed by atoms with Gasteiger partial charge in [0.1, 0.15) is 0 Å². The van der Waals surface area contributed by atoms with Crippen LogP contribution in [0.4, 0.5) is 8.78 Å². The predicted octanol–water partition coefficient (Wildman–Crippen LogP) is 4.17. The molecule has 0 radical (unpaired) electrons. The molecule has 7 heteroatoms. The van der Waals surface area contributed by atoms with Crippen LogP contribution in [0.15, 0.2) is 71.6 Å². The van der Waals surface area contributed by atoms with Gasteiger partial charge >= 0.3 is 0 Å². The number of hydrogen-bond acceptors (Lipinski definition) is 3. The van der Waals surface area contributed by atoms with Gasteiger partial charge in [0, 0.05) is 13.1 Å². The number of hydrogen-bond donors (Lipinski definition) is 1. The summed E-state index contributed by atoms with van der Waals surface area (Å²) in [5, 5.41) is 0. The molecule has 0 saturated heterocycles. The molecule has 3 aromatic rings. The molecule has 0 spiro atoms. The molecule has 152 valence electrons. The number of sulfonamides is 1. The van der Waals surface area contributed by atoms with Crippen molar-refractivity contribution >= 4 is 10.0 Å². The van der Waals surface area contributed by atoms with E-state index in [2.05, 4.69) is 9.62 Å². The fraction of sp³-hybridized carbons (Fsp3) is 0.182. The highest BCUT2D eigenvalue weighted by Gasteiger charge is 2.17. The van der Waals surface area contributed by atoms with Gasteiger partial charge in [-0.25, -0.2) is 21.9 Å². The molecule has 3 rings (SSSR count). The Hall–Kier alpha value is -2.61. The van der Waals surface area contributed by atoms with Crippen molar-refractivity contribution in [2.75, 3.05) is 14.1 Å². The largest absolute Gasteiger partial charge is 0.305 e. The van der Waals surface area contributed by atoms with Crippen molar-refractivity contribution in [1.82, 2.24) is 9.62 Å². The zero-order chi connectivity index (χ0) is 21.0. The highest BCUT2D eigenvalue weighted by atomic mass is 32.2. The lowest BCUT2D eigenvalue weighted by Crippen LogP contribution is -2.23. The third-order valence-corrected chi connectivity index (χ3v) is 5.83. The zero-order valence-electron chi connectivity index (χ0n) is 16.2. The molecule has 0 aliphatic rings. The minimum atomic E-state index is -3.98. The molecule has 0 aliphatic heterocycles. The molecule has 0 unspecified atom stereocenters. The Kier molecular flexibility index (Phi) is 6.42. The van der Waals surface area contributed by atoms with E-state index in [-0.39, 0.29) is 11.4 Å². The molecular weight excluding hydrogens is 394 g/mol. The standard InChI is InChI=1S/C22H22F2N2O2S/c1-26(2)15-16-7-9-17(10-8-16)20-6-4-3-5-18(20)14-25-29(27,28)19-11-12-21(23)22(24)13-19/h3-13,25H,14-15H2,1-2H3. The molecular formula is C22H22F2N2O2S. The molecule has 0 heterocycles. The quantitative estimate of drug-likeness (QED) is 0.629. The van der Waals surface area contributed by atoms with Crippen LogP contribution < -0.4 is 4.72 Å². The average Bonchev–Trinajstić information content (AvgIpc) is 2.69. The Labute approximate surface area is 169 Å². The first kappa shape index (κ1) is 21.1. The molecule has 4 nitrogen and oxygen atoms in total. The first-order chi connectivity index (χ1) is 13.8. The van der Waals surface area contributed by atoms with Crippen molar-refractivity contribution < 1.29 is 17.2 Å². The molecule has 0 aromatic heterocycles. The maximum Gasteiger partial charge on any atom is 0.240 e. The van der Waals surface area contributed by atoms with Gasteiger partial charge in [0.15, 0.2) is 11.6 Å². The Morgan fingerprint density at radius 3 is 2.24 bits per heavy atom. The van der Waals surface area contributed by atoms with E-state index >= 15 is 0 Å². The van der Waals surface area contributed by atoms with Gasteiger partial charge in [0.2, 0.25) is 10.0 Å². The van der Waals surface area contributed by atoms with Crippen molar-refractivity contribution in [3.63, 3.8) is 0 Å². The van der Waals surface area contributed by atoms with Crippen LogP contribution in [-0.2, 0) is 23.1 Å². The summed E-state index contributed by atoms with van der Waals surface area (Å²) >= 11 is 0. The number of benzene rings is 3. The van der Waals surface area contributed by atoms with Gasteiger partial charge < -0.3 is 4.90 Å². The van der Waals surface area contributed by atoms with Gasteiger partial charge in [-0.05, 0) is 54.5 Å². The lowest BCUT2D eigenvalue weighted by molar-refractivity contribution is 0.402. The van der Waals surface area contributed by atoms with Gasteiger partial charge in [-0.3, -0.25) is 0 Å². The van der Waals surface area contributed by atoms with Gasteiger partial charge in [0.25, 0.3) is 0 Å². The number of nitrogens with one attached hydrogen (secondary N) is 1. The SMILES string of the molecule is CN(C)Cc1ccc(-c2ccccc2CNS(=O)(=O)c2ccc(F)c(F)c2)cc1. The normalized spacial score (nSPS) is 11.8. The van der Waals surface area contributed by atoms with Crippen LogP contribution in [0.5, 0.6) is 0 Å². The molecule has 0 amide bonds. The molecule has 0 aliphatic carbocycles. The molecule has 1 N–H and O–H groups in total. The van der Waals surface area contributed by atoms with E-state index in [1.54, 1.807) is 0 Å². The van der Waals surface area contributed by atoms with Crippen molar-refractivity contribution in [3.05, 3.63) is 89.5 Å². The average molecular weight is 416 g/mol. The number of rotatable bonds is 7. The molecule has 29 heavy (non-hydrogen) atoms. The lowest BCUT2D eigenvalue weighted by atomic mass is 9.99. The number of nitrogens with zero attached hydrogens (tertiary/aromatic N) is 1. The highest BCUT2D eigenvalue weighted by Crippen LogP contribution is 2.25.